The Bertz CT molecular complexity index is 588. The third-order valence-corrected chi connectivity index (χ3v) is 4.04. The van der Waals surface area contributed by atoms with Crippen molar-refractivity contribution in [3.05, 3.63) is 0 Å². The van der Waals surface area contributed by atoms with E-state index in [-0.39, 0.29) is 32.2 Å². The molecule has 15 nitrogen and oxygen atoms in total. The molecule has 15 heteroatoms. The molecule has 0 saturated carbocycles. The molecule has 0 heterocycles. The van der Waals surface area contributed by atoms with Crippen LogP contribution in [-0.2, 0) is 24.0 Å². The summed E-state index contributed by atoms with van der Waals surface area (Å²) in [6, 6.07) is -0.0453. The van der Waals surface area contributed by atoms with Crippen LogP contribution in [0.4, 0.5) is 0 Å². The van der Waals surface area contributed by atoms with Gasteiger partial charge in [-0.2, -0.15) is 0 Å². The maximum absolute atomic E-state index is 10.4. The van der Waals surface area contributed by atoms with Crippen molar-refractivity contribution < 1.29 is 49.5 Å². The molecule has 37 heavy (non-hydrogen) atoms. The topological polar surface area (TPSA) is 257 Å². The monoisotopic (exact) mass is 543 g/mol. The molecular formula is C22H49N5O10. The summed E-state index contributed by atoms with van der Waals surface area (Å²) >= 11 is 0. The van der Waals surface area contributed by atoms with E-state index in [0.717, 1.165) is 26.1 Å². The highest BCUT2D eigenvalue weighted by Crippen LogP contribution is 1.96. The molecule has 0 aliphatic heterocycles. The first kappa shape index (κ1) is 44.2. The van der Waals surface area contributed by atoms with Crippen molar-refractivity contribution in [1.29, 1.82) is 0 Å². The van der Waals surface area contributed by atoms with Crippen molar-refractivity contribution in [2.24, 2.45) is 11.5 Å². The minimum atomic E-state index is -0.968. The summed E-state index contributed by atoms with van der Waals surface area (Å²) < 4.78 is 0. The van der Waals surface area contributed by atoms with Gasteiger partial charge in [0, 0.05) is 6.04 Å². The molecule has 10 N–H and O–H groups in total. The highest BCUT2D eigenvalue weighted by atomic mass is 16.4. The highest BCUT2D eigenvalue weighted by Gasteiger charge is 2.16. The minimum Gasteiger partial charge on any atom is -0.480 e. The Morgan fingerprint density at radius 2 is 1.14 bits per heavy atom. The lowest BCUT2D eigenvalue weighted by molar-refractivity contribution is -0.142. The van der Waals surface area contributed by atoms with Crippen LogP contribution in [0.1, 0.15) is 48.0 Å². The van der Waals surface area contributed by atoms with Crippen molar-refractivity contribution in [2.75, 3.05) is 52.9 Å². The fourth-order valence-corrected chi connectivity index (χ4v) is 1.70. The van der Waals surface area contributed by atoms with E-state index in [9.17, 15) is 24.0 Å². The summed E-state index contributed by atoms with van der Waals surface area (Å²) in [7, 11) is 1.79. The Kier molecular flexibility index (Phi) is 37.2. The van der Waals surface area contributed by atoms with Crippen LogP contribution in [0.3, 0.4) is 0 Å². The Morgan fingerprint density at radius 3 is 1.27 bits per heavy atom. The Balaban J connectivity index is -0.000000118. The van der Waals surface area contributed by atoms with Gasteiger partial charge in [-0.1, -0.05) is 20.8 Å². The predicted octanol–water partition coefficient (Wildman–Crippen LogP) is -0.657. The quantitative estimate of drug-likeness (QED) is 0.134. The maximum atomic E-state index is 10.4. The summed E-state index contributed by atoms with van der Waals surface area (Å²) in [6.45, 7) is 13.6. The second-order valence-electron chi connectivity index (χ2n) is 7.40. The molecule has 0 fully saturated rings. The molecule has 1 atom stereocenters. The average Bonchev–Trinajstić information content (AvgIpc) is 2.80. The van der Waals surface area contributed by atoms with Gasteiger partial charge in [0.25, 0.3) is 0 Å². The van der Waals surface area contributed by atoms with Crippen molar-refractivity contribution in [1.82, 2.24) is 15.1 Å². The van der Waals surface area contributed by atoms with E-state index in [2.05, 4.69) is 16.8 Å². The van der Waals surface area contributed by atoms with Crippen LogP contribution in [0, 0.1) is 0 Å². The SMILES string of the molecule is CC(C)N(C)CC(=O)O.CCCNCC(=O)O.CCN(CC)C(C)C(=O)O.NCC(=O)O.NCC(=O)O. The molecule has 0 bridgehead atoms. The normalized spacial score (nSPS) is 10.3. The van der Waals surface area contributed by atoms with Gasteiger partial charge in [-0.05, 0) is 53.9 Å². The minimum absolute atomic E-state index is 0.0772. The highest BCUT2D eigenvalue weighted by molar-refractivity contribution is 5.72. The molecular weight excluding hydrogens is 494 g/mol. The number of carboxylic acid groups (broad SMARTS) is 5. The number of nitrogens with one attached hydrogen (secondary N) is 1. The number of nitrogens with zero attached hydrogens (tertiary/aromatic N) is 2. The number of aliphatic carboxylic acids is 5. The molecule has 0 aromatic heterocycles. The van der Waals surface area contributed by atoms with Crippen molar-refractivity contribution in [3.8, 4) is 0 Å². The number of likely N-dealkylation sites (N-methyl/N-ethyl adjacent to an activating group) is 2. The molecule has 0 aromatic carbocycles. The molecule has 0 rings (SSSR count). The van der Waals surface area contributed by atoms with Crippen LogP contribution in [0.2, 0.25) is 0 Å². The zero-order valence-corrected chi connectivity index (χ0v) is 23.1. The van der Waals surface area contributed by atoms with E-state index < -0.39 is 29.8 Å². The molecule has 0 aliphatic rings. The van der Waals surface area contributed by atoms with Gasteiger partial charge in [0.1, 0.15) is 6.04 Å². The lowest BCUT2D eigenvalue weighted by Gasteiger charge is -2.22. The number of hydrogen-bond acceptors (Lipinski definition) is 10. The van der Waals surface area contributed by atoms with Crippen LogP contribution in [-0.4, -0.2) is 130 Å². The number of rotatable bonds is 13. The van der Waals surface area contributed by atoms with Crippen LogP contribution >= 0.6 is 0 Å². The van der Waals surface area contributed by atoms with Gasteiger partial charge in [0.05, 0.1) is 26.2 Å². The van der Waals surface area contributed by atoms with Gasteiger partial charge in [-0.3, -0.25) is 33.8 Å². The molecule has 0 amide bonds. The largest absolute Gasteiger partial charge is 0.480 e. The number of carboxylic acids is 5. The second-order valence-corrected chi connectivity index (χ2v) is 7.40. The fourth-order valence-electron chi connectivity index (χ4n) is 1.70. The third-order valence-electron chi connectivity index (χ3n) is 4.04. The molecule has 0 spiro atoms. The van der Waals surface area contributed by atoms with Crippen LogP contribution in [0.25, 0.3) is 0 Å². The zero-order valence-electron chi connectivity index (χ0n) is 23.1. The van der Waals surface area contributed by atoms with Gasteiger partial charge in [0.15, 0.2) is 0 Å². The smallest absolute Gasteiger partial charge is 0.320 e. The van der Waals surface area contributed by atoms with Gasteiger partial charge in [0.2, 0.25) is 0 Å². The van der Waals surface area contributed by atoms with E-state index >= 15 is 0 Å². The number of carbonyl (C=O) groups is 5. The van der Waals surface area contributed by atoms with E-state index in [1.807, 2.05) is 39.5 Å². The maximum Gasteiger partial charge on any atom is 0.320 e. The average molecular weight is 544 g/mol. The van der Waals surface area contributed by atoms with Gasteiger partial charge >= 0.3 is 29.8 Å². The predicted molar refractivity (Wildman–Crippen MR) is 140 cm³/mol. The van der Waals surface area contributed by atoms with Gasteiger partial charge < -0.3 is 42.3 Å². The van der Waals surface area contributed by atoms with Crippen LogP contribution in [0.15, 0.2) is 0 Å². The lowest BCUT2D eigenvalue weighted by Crippen LogP contribution is -2.38. The summed E-state index contributed by atoms with van der Waals surface area (Å²) in [4.78, 5) is 52.4. The molecule has 1 unspecified atom stereocenters. The zero-order chi connectivity index (χ0) is 30.6. The summed E-state index contributed by atoms with van der Waals surface area (Å²) in [6.07, 6.45) is 0.979. The van der Waals surface area contributed by atoms with E-state index in [1.165, 1.54) is 0 Å². The number of hydrogen-bond donors (Lipinski definition) is 8. The standard InChI is InChI=1S/C7H15NO2.C6H13NO2.C5H11NO2.2C2H5NO2/c1-4-8(5-2)6(3)7(9)10;1-5(2)7(3)4-6(8)9;1-2-3-6-4-5(7)8;2*3-1-2(4)5/h6H,4-5H2,1-3H3,(H,9,10);5H,4H2,1-3H3,(H,8,9);6H,2-4H2,1H3,(H,7,8);2*1,3H2,(H,4,5). The fraction of sp³-hybridized carbons (Fsp3) is 0.773. The molecule has 0 aliphatic carbocycles. The first-order valence-electron chi connectivity index (χ1n) is 11.6. The lowest BCUT2D eigenvalue weighted by atomic mass is 10.3. The van der Waals surface area contributed by atoms with Crippen molar-refractivity contribution in [3.63, 3.8) is 0 Å². The summed E-state index contributed by atoms with van der Waals surface area (Å²) in [5, 5.41) is 42.9. The van der Waals surface area contributed by atoms with E-state index in [4.69, 9.17) is 25.5 Å². The van der Waals surface area contributed by atoms with Crippen molar-refractivity contribution in [2.45, 2.75) is 60.0 Å². The molecule has 222 valence electrons. The molecule has 0 aromatic rings. The van der Waals surface area contributed by atoms with E-state index in [1.54, 1.807) is 18.9 Å². The van der Waals surface area contributed by atoms with Gasteiger partial charge in [-0.15, -0.1) is 0 Å². The molecule has 0 saturated heterocycles. The third kappa shape index (κ3) is 47.0. The summed E-state index contributed by atoms with van der Waals surface area (Å²) in [5.41, 5.74) is 9.14. The Morgan fingerprint density at radius 1 is 0.757 bits per heavy atom. The van der Waals surface area contributed by atoms with Crippen LogP contribution < -0.4 is 16.8 Å². The second kappa shape index (κ2) is 31.2. The van der Waals surface area contributed by atoms with Gasteiger partial charge in [-0.25, -0.2) is 0 Å². The Labute approximate surface area is 219 Å². The number of nitrogens with two attached hydrogens (primary N) is 2. The first-order chi connectivity index (χ1) is 17.0. The van der Waals surface area contributed by atoms with Crippen LogP contribution in [0.5, 0.6) is 0 Å². The summed E-state index contributed by atoms with van der Waals surface area (Å²) in [5.74, 6) is -4.25. The molecule has 0 radical (unpaired) electrons. The van der Waals surface area contributed by atoms with E-state index in [0.29, 0.717) is 6.04 Å². The first-order valence-corrected chi connectivity index (χ1v) is 11.6. The Hall–Kier alpha value is -2.85. The van der Waals surface area contributed by atoms with Crippen molar-refractivity contribution >= 4 is 29.8 Å².